The minimum Gasteiger partial charge on any atom is -0.486 e. The summed E-state index contributed by atoms with van der Waals surface area (Å²) in [5, 5.41) is 0. The number of primary amides is 1. The van der Waals surface area contributed by atoms with Crippen molar-refractivity contribution in [2.45, 2.75) is 19.3 Å². The van der Waals surface area contributed by atoms with Crippen LogP contribution in [0.25, 0.3) is 0 Å². The molecule has 2 aliphatic rings. The molecule has 18 heavy (non-hydrogen) atoms. The Kier molecular flexibility index (Phi) is 2.65. The van der Waals surface area contributed by atoms with Gasteiger partial charge in [0.15, 0.2) is 11.5 Å². The van der Waals surface area contributed by atoms with Gasteiger partial charge in [0.1, 0.15) is 13.2 Å². The van der Waals surface area contributed by atoms with E-state index in [0.717, 1.165) is 23.5 Å². The van der Waals surface area contributed by atoms with E-state index in [0.29, 0.717) is 25.0 Å². The van der Waals surface area contributed by atoms with E-state index in [-0.39, 0.29) is 11.8 Å². The Bertz CT molecular complexity index is 486. The number of rotatable bonds is 3. The quantitative estimate of drug-likeness (QED) is 0.884. The van der Waals surface area contributed by atoms with Crippen molar-refractivity contribution in [3.8, 4) is 11.5 Å². The van der Waals surface area contributed by atoms with Crippen LogP contribution in [-0.2, 0) is 4.79 Å². The van der Waals surface area contributed by atoms with Crippen LogP contribution in [0.3, 0.4) is 0 Å². The van der Waals surface area contributed by atoms with E-state index in [1.54, 1.807) is 0 Å². The van der Waals surface area contributed by atoms with Crippen molar-refractivity contribution in [1.29, 1.82) is 0 Å². The second-order valence-electron chi connectivity index (χ2n) is 5.07. The Morgan fingerprint density at radius 3 is 2.94 bits per heavy atom. The van der Waals surface area contributed by atoms with Gasteiger partial charge in [0.2, 0.25) is 5.91 Å². The van der Waals surface area contributed by atoms with Gasteiger partial charge in [-0.15, -0.1) is 0 Å². The second-order valence-corrected chi connectivity index (χ2v) is 5.07. The molecule has 1 aromatic rings. The van der Waals surface area contributed by atoms with E-state index in [9.17, 15) is 4.79 Å². The average molecular weight is 247 g/mol. The lowest BCUT2D eigenvalue weighted by molar-refractivity contribution is -0.121. The highest BCUT2D eigenvalue weighted by Crippen LogP contribution is 2.55. The Morgan fingerprint density at radius 2 is 2.17 bits per heavy atom. The zero-order chi connectivity index (χ0) is 12.7. The lowest BCUT2D eigenvalue weighted by Crippen LogP contribution is -2.22. The highest BCUT2D eigenvalue weighted by molar-refractivity contribution is 5.77. The fourth-order valence-electron chi connectivity index (χ4n) is 2.72. The molecule has 1 saturated carbocycles. The van der Waals surface area contributed by atoms with Crippen LogP contribution in [0.15, 0.2) is 18.2 Å². The molecule has 1 aliphatic carbocycles. The van der Waals surface area contributed by atoms with Gasteiger partial charge in [-0.25, -0.2) is 0 Å². The monoisotopic (exact) mass is 247 g/mol. The molecular formula is C14H17NO3. The van der Waals surface area contributed by atoms with Crippen LogP contribution in [0.2, 0.25) is 0 Å². The number of para-hydroxylation sites is 1. The molecule has 96 valence electrons. The molecule has 1 aliphatic heterocycles. The van der Waals surface area contributed by atoms with Crippen LogP contribution in [0.1, 0.15) is 24.8 Å². The predicted octanol–water partition coefficient (Wildman–Crippen LogP) is 1.68. The van der Waals surface area contributed by atoms with E-state index in [4.69, 9.17) is 15.2 Å². The normalized spacial score (nSPS) is 26.5. The summed E-state index contributed by atoms with van der Waals surface area (Å²) in [6, 6.07) is 5.96. The van der Waals surface area contributed by atoms with Crippen LogP contribution in [0.4, 0.5) is 0 Å². The van der Waals surface area contributed by atoms with Crippen molar-refractivity contribution in [2.75, 3.05) is 13.2 Å². The van der Waals surface area contributed by atoms with Gasteiger partial charge in [-0.05, 0) is 24.3 Å². The maximum absolute atomic E-state index is 11.2. The summed E-state index contributed by atoms with van der Waals surface area (Å²) < 4.78 is 11.3. The zero-order valence-electron chi connectivity index (χ0n) is 10.4. The first-order chi connectivity index (χ1) is 8.68. The van der Waals surface area contributed by atoms with Crippen LogP contribution >= 0.6 is 0 Å². The smallest absolute Gasteiger partial charge is 0.220 e. The minimum atomic E-state index is -0.218. The Morgan fingerprint density at radius 1 is 1.39 bits per heavy atom. The van der Waals surface area contributed by atoms with Crippen LogP contribution in [0.5, 0.6) is 11.5 Å². The Labute approximate surface area is 106 Å². The van der Waals surface area contributed by atoms with Crippen LogP contribution in [-0.4, -0.2) is 19.1 Å². The molecule has 2 N–H and O–H groups in total. The molecule has 0 bridgehead atoms. The van der Waals surface area contributed by atoms with Crippen LogP contribution in [0, 0.1) is 11.8 Å². The predicted molar refractivity (Wildman–Crippen MR) is 66.6 cm³/mol. The SMILES string of the molecule is CC(C(N)=O)C1CC1c1cccc2c1OCCO2. The molecule has 0 aromatic heterocycles. The van der Waals surface area contributed by atoms with E-state index >= 15 is 0 Å². The maximum Gasteiger partial charge on any atom is 0.220 e. The van der Waals surface area contributed by atoms with Gasteiger partial charge in [-0.3, -0.25) is 4.79 Å². The molecular weight excluding hydrogens is 230 g/mol. The summed E-state index contributed by atoms with van der Waals surface area (Å²) in [5.74, 6) is 2.10. The highest BCUT2D eigenvalue weighted by Gasteiger charge is 2.45. The van der Waals surface area contributed by atoms with Crippen molar-refractivity contribution in [2.24, 2.45) is 17.6 Å². The summed E-state index contributed by atoms with van der Waals surface area (Å²) >= 11 is 0. The van der Waals surface area contributed by atoms with Crippen molar-refractivity contribution < 1.29 is 14.3 Å². The summed E-state index contributed by atoms with van der Waals surface area (Å²) in [6.07, 6.45) is 1.00. The third-order valence-electron chi connectivity index (χ3n) is 3.93. The number of benzene rings is 1. The number of hydrogen-bond acceptors (Lipinski definition) is 3. The number of fused-ring (bicyclic) bond motifs is 1. The van der Waals surface area contributed by atoms with E-state index in [1.807, 2.05) is 19.1 Å². The number of hydrogen-bond donors (Lipinski definition) is 1. The standard InChI is InChI=1S/C14H17NO3/c1-8(14(15)16)10-7-11(10)9-3-2-4-12-13(9)18-6-5-17-12/h2-4,8,10-11H,5-7H2,1H3,(H2,15,16). The fraction of sp³-hybridized carbons (Fsp3) is 0.500. The third kappa shape index (κ3) is 1.82. The highest BCUT2D eigenvalue weighted by atomic mass is 16.6. The minimum absolute atomic E-state index is 0.0737. The molecule has 4 heteroatoms. The van der Waals surface area contributed by atoms with Gasteiger partial charge in [-0.2, -0.15) is 0 Å². The fourth-order valence-corrected chi connectivity index (χ4v) is 2.72. The molecule has 3 rings (SSSR count). The number of carbonyl (C=O) groups is 1. The second kappa shape index (κ2) is 4.19. The van der Waals surface area contributed by atoms with E-state index < -0.39 is 0 Å². The van der Waals surface area contributed by atoms with Gasteiger partial charge in [0.05, 0.1) is 0 Å². The first kappa shape index (κ1) is 11.4. The molecule has 0 saturated heterocycles. The zero-order valence-corrected chi connectivity index (χ0v) is 10.4. The van der Waals surface area contributed by atoms with Crippen LogP contribution < -0.4 is 15.2 Å². The molecule has 3 unspecified atom stereocenters. The Balaban J connectivity index is 1.84. The summed E-state index contributed by atoms with van der Waals surface area (Å²) in [5.41, 5.74) is 6.52. The van der Waals surface area contributed by atoms with Crippen molar-refractivity contribution in [1.82, 2.24) is 0 Å². The first-order valence-corrected chi connectivity index (χ1v) is 6.36. The molecule has 0 spiro atoms. The molecule has 1 amide bonds. The van der Waals surface area contributed by atoms with Gasteiger partial charge in [0.25, 0.3) is 0 Å². The van der Waals surface area contributed by atoms with Gasteiger partial charge in [0, 0.05) is 11.5 Å². The first-order valence-electron chi connectivity index (χ1n) is 6.36. The molecule has 1 heterocycles. The average Bonchev–Trinajstić information content (AvgIpc) is 3.17. The summed E-state index contributed by atoms with van der Waals surface area (Å²) in [6.45, 7) is 3.09. The van der Waals surface area contributed by atoms with Crippen molar-refractivity contribution >= 4 is 5.91 Å². The lowest BCUT2D eigenvalue weighted by Gasteiger charge is -2.21. The molecule has 1 aromatic carbocycles. The van der Waals surface area contributed by atoms with E-state index in [1.165, 1.54) is 0 Å². The Hall–Kier alpha value is -1.71. The van der Waals surface area contributed by atoms with Crippen molar-refractivity contribution in [3.63, 3.8) is 0 Å². The lowest BCUT2D eigenvalue weighted by atomic mass is 9.99. The number of carbonyl (C=O) groups excluding carboxylic acids is 1. The molecule has 0 radical (unpaired) electrons. The third-order valence-corrected chi connectivity index (χ3v) is 3.93. The molecule has 4 nitrogen and oxygen atoms in total. The molecule has 3 atom stereocenters. The topological polar surface area (TPSA) is 61.6 Å². The number of nitrogens with two attached hydrogens (primary N) is 1. The number of amides is 1. The van der Waals surface area contributed by atoms with Gasteiger partial charge in [-0.1, -0.05) is 19.1 Å². The maximum atomic E-state index is 11.2. The summed E-state index contributed by atoms with van der Waals surface area (Å²) in [4.78, 5) is 11.2. The largest absolute Gasteiger partial charge is 0.486 e. The number of ether oxygens (including phenoxy) is 2. The van der Waals surface area contributed by atoms with Gasteiger partial charge < -0.3 is 15.2 Å². The van der Waals surface area contributed by atoms with Crippen molar-refractivity contribution in [3.05, 3.63) is 23.8 Å². The van der Waals surface area contributed by atoms with E-state index in [2.05, 4.69) is 6.07 Å². The van der Waals surface area contributed by atoms with Gasteiger partial charge >= 0.3 is 0 Å². The molecule has 1 fully saturated rings. The summed E-state index contributed by atoms with van der Waals surface area (Å²) in [7, 11) is 0.